The van der Waals surface area contributed by atoms with Gasteiger partial charge in [0.15, 0.2) is 5.65 Å². The van der Waals surface area contributed by atoms with Gasteiger partial charge in [-0.05, 0) is 68.9 Å². The second-order valence-corrected chi connectivity index (χ2v) is 8.34. The zero-order chi connectivity index (χ0) is 26.8. The molecule has 11 nitrogen and oxygen atoms in total. The van der Waals surface area contributed by atoms with Crippen LogP contribution < -0.4 is 16.6 Å². The quantitative estimate of drug-likeness (QED) is 0.310. The van der Waals surface area contributed by atoms with E-state index < -0.39 is 23.9 Å². The molecule has 1 aromatic carbocycles. The van der Waals surface area contributed by atoms with Crippen molar-refractivity contribution in [2.45, 2.75) is 52.0 Å². The molecule has 1 atom stereocenters. The fourth-order valence-electron chi connectivity index (χ4n) is 3.77. The monoisotopic (exact) mass is 509 g/mol. The highest BCUT2D eigenvalue weighted by molar-refractivity contribution is 5.96. The van der Waals surface area contributed by atoms with Crippen LogP contribution in [0.3, 0.4) is 0 Å². The lowest BCUT2D eigenvalue weighted by molar-refractivity contribution is -0.146. The number of nitrogens with one attached hydrogen (secondary N) is 2. The molecule has 0 saturated heterocycles. The van der Waals surface area contributed by atoms with Crippen molar-refractivity contribution in [3.8, 4) is 0 Å². The molecule has 0 radical (unpaired) electrons. The third-order valence-electron chi connectivity index (χ3n) is 5.60. The van der Waals surface area contributed by atoms with Crippen molar-refractivity contribution in [1.82, 2.24) is 20.3 Å². The van der Waals surface area contributed by atoms with Gasteiger partial charge in [-0.15, -0.1) is 0 Å². The molecular formula is C26H31N5O6. The Morgan fingerprint density at radius 2 is 1.76 bits per heavy atom. The number of nitrogen functional groups attached to an aromatic ring is 1. The van der Waals surface area contributed by atoms with Gasteiger partial charge in [-0.25, -0.2) is 9.78 Å². The van der Waals surface area contributed by atoms with Gasteiger partial charge in [0.05, 0.1) is 18.6 Å². The number of ether oxygens (including phenoxy) is 2. The number of rotatable bonds is 12. The first kappa shape index (κ1) is 27.3. The van der Waals surface area contributed by atoms with Gasteiger partial charge in [-0.3, -0.25) is 19.4 Å². The summed E-state index contributed by atoms with van der Waals surface area (Å²) in [5, 5.41) is 3.05. The standard InChI is InChI=1S/C26H31N5O6/c1-3-36-21(32)13-12-20(25(35)37-4-2)29-23(33)18-10-8-16(9-11-18)6-5-7-17-14-19-22(28-15-17)30-26(27)31-24(19)34/h8-11,14-15,20H,3-7,12-13H2,1-2H3,(H,29,33)(H3,27,28,30,31,34)/t20-/m0/s1. The molecule has 196 valence electrons. The molecule has 37 heavy (non-hydrogen) atoms. The van der Waals surface area contributed by atoms with Crippen molar-refractivity contribution < 1.29 is 23.9 Å². The van der Waals surface area contributed by atoms with E-state index in [1.54, 1.807) is 38.2 Å². The molecule has 4 N–H and O–H groups in total. The minimum absolute atomic E-state index is 0.0117. The number of esters is 2. The number of fused-ring (bicyclic) bond motifs is 1. The van der Waals surface area contributed by atoms with Gasteiger partial charge in [0.1, 0.15) is 6.04 Å². The predicted octanol–water partition coefficient (Wildman–Crippen LogP) is 2.08. The number of amides is 1. The maximum Gasteiger partial charge on any atom is 0.328 e. The molecular weight excluding hydrogens is 478 g/mol. The van der Waals surface area contributed by atoms with E-state index in [4.69, 9.17) is 15.2 Å². The van der Waals surface area contributed by atoms with E-state index in [1.807, 2.05) is 12.1 Å². The number of anilines is 1. The Morgan fingerprint density at radius 3 is 2.46 bits per heavy atom. The van der Waals surface area contributed by atoms with Gasteiger partial charge < -0.3 is 20.5 Å². The number of pyridine rings is 1. The van der Waals surface area contributed by atoms with Gasteiger partial charge in [0, 0.05) is 18.2 Å². The topological polar surface area (TPSA) is 166 Å². The molecule has 11 heteroatoms. The average Bonchev–Trinajstić information content (AvgIpc) is 2.87. The van der Waals surface area contributed by atoms with E-state index in [1.165, 1.54) is 0 Å². The van der Waals surface area contributed by atoms with Crippen LogP contribution in [-0.4, -0.2) is 52.1 Å². The van der Waals surface area contributed by atoms with Crippen LogP contribution in [0.4, 0.5) is 5.95 Å². The first-order valence-electron chi connectivity index (χ1n) is 12.2. The number of carbonyl (C=O) groups excluding carboxylic acids is 3. The Kier molecular flexibility index (Phi) is 9.70. The minimum atomic E-state index is -0.953. The zero-order valence-electron chi connectivity index (χ0n) is 20.9. The molecule has 0 aliphatic rings. The van der Waals surface area contributed by atoms with E-state index in [-0.39, 0.29) is 37.6 Å². The molecule has 0 saturated carbocycles. The number of hydrogen-bond acceptors (Lipinski definition) is 9. The molecule has 0 aliphatic heterocycles. The number of nitrogens with zero attached hydrogens (tertiary/aromatic N) is 2. The Hall–Kier alpha value is -4.28. The number of aromatic nitrogens is 3. The Morgan fingerprint density at radius 1 is 1.05 bits per heavy atom. The van der Waals surface area contributed by atoms with Crippen LogP contribution in [-0.2, 0) is 31.9 Å². The van der Waals surface area contributed by atoms with Crippen LogP contribution >= 0.6 is 0 Å². The van der Waals surface area contributed by atoms with Crippen LogP contribution in [0.15, 0.2) is 41.3 Å². The number of benzene rings is 1. The summed E-state index contributed by atoms with van der Waals surface area (Å²) in [6.45, 7) is 3.78. The largest absolute Gasteiger partial charge is 0.466 e. The van der Waals surface area contributed by atoms with Gasteiger partial charge >= 0.3 is 11.9 Å². The highest BCUT2D eigenvalue weighted by Crippen LogP contribution is 2.13. The highest BCUT2D eigenvalue weighted by Gasteiger charge is 2.24. The Labute approximate surface area is 213 Å². The van der Waals surface area contributed by atoms with Crippen molar-refractivity contribution in [3.63, 3.8) is 0 Å². The van der Waals surface area contributed by atoms with E-state index in [0.29, 0.717) is 23.0 Å². The van der Waals surface area contributed by atoms with Crippen molar-refractivity contribution in [2.24, 2.45) is 0 Å². The molecule has 0 spiro atoms. The van der Waals surface area contributed by atoms with Crippen LogP contribution in [0, 0.1) is 0 Å². The van der Waals surface area contributed by atoms with Crippen LogP contribution in [0.1, 0.15) is 54.6 Å². The summed E-state index contributed by atoms with van der Waals surface area (Å²) in [7, 11) is 0. The van der Waals surface area contributed by atoms with Gasteiger partial charge in [-0.2, -0.15) is 4.98 Å². The summed E-state index contributed by atoms with van der Waals surface area (Å²) in [4.78, 5) is 59.4. The number of hydrogen-bond donors (Lipinski definition) is 3. The van der Waals surface area contributed by atoms with E-state index in [9.17, 15) is 19.2 Å². The third-order valence-corrected chi connectivity index (χ3v) is 5.60. The summed E-state index contributed by atoms with van der Waals surface area (Å²) in [5.74, 6) is -1.44. The van der Waals surface area contributed by atoms with Gasteiger partial charge in [-0.1, -0.05) is 12.1 Å². The van der Waals surface area contributed by atoms with E-state index in [0.717, 1.165) is 24.0 Å². The third kappa shape index (κ3) is 7.86. The Bertz CT molecular complexity index is 1310. The lowest BCUT2D eigenvalue weighted by Gasteiger charge is -2.17. The molecule has 3 aromatic rings. The SMILES string of the molecule is CCOC(=O)CC[C@H](NC(=O)c1ccc(CCCc2cnc3nc(N)[nH]c(=O)c3c2)cc1)C(=O)OCC. The smallest absolute Gasteiger partial charge is 0.328 e. The molecule has 2 aromatic heterocycles. The zero-order valence-corrected chi connectivity index (χ0v) is 20.9. The maximum atomic E-state index is 12.7. The maximum absolute atomic E-state index is 12.7. The summed E-state index contributed by atoms with van der Waals surface area (Å²) in [6.07, 6.45) is 4.02. The Balaban J connectivity index is 1.55. The molecule has 0 fully saturated rings. The minimum Gasteiger partial charge on any atom is -0.466 e. The molecule has 0 unspecified atom stereocenters. The number of aromatic amines is 1. The highest BCUT2D eigenvalue weighted by atomic mass is 16.5. The normalized spacial score (nSPS) is 11.6. The molecule has 1 amide bonds. The lowest BCUT2D eigenvalue weighted by atomic mass is 10.0. The van der Waals surface area contributed by atoms with E-state index >= 15 is 0 Å². The van der Waals surface area contributed by atoms with Crippen molar-refractivity contribution in [2.75, 3.05) is 18.9 Å². The predicted molar refractivity (Wildman–Crippen MR) is 137 cm³/mol. The van der Waals surface area contributed by atoms with Crippen LogP contribution in [0.2, 0.25) is 0 Å². The fraction of sp³-hybridized carbons (Fsp3) is 0.385. The van der Waals surface area contributed by atoms with Gasteiger partial charge in [0.25, 0.3) is 11.5 Å². The molecule has 3 rings (SSSR count). The number of carbonyl (C=O) groups is 3. The first-order valence-corrected chi connectivity index (χ1v) is 12.2. The van der Waals surface area contributed by atoms with Crippen LogP contribution in [0.5, 0.6) is 0 Å². The van der Waals surface area contributed by atoms with Gasteiger partial charge in [0.2, 0.25) is 5.95 Å². The van der Waals surface area contributed by atoms with E-state index in [2.05, 4.69) is 20.3 Å². The fourth-order valence-corrected chi connectivity index (χ4v) is 3.77. The second-order valence-electron chi connectivity index (χ2n) is 8.34. The van der Waals surface area contributed by atoms with Crippen molar-refractivity contribution in [1.29, 1.82) is 0 Å². The van der Waals surface area contributed by atoms with Crippen molar-refractivity contribution in [3.05, 3.63) is 63.6 Å². The summed E-state index contributed by atoms with van der Waals surface area (Å²) in [5.41, 5.74) is 7.87. The summed E-state index contributed by atoms with van der Waals surface area (Å²) >= 11 is 0. The lowest BCUT2D eigenvalue weighted by Crippen LogP contribution is -2.42. The van der Waals surface area contributed by atoms with Crippen LogP contribution in [0.25, 0.3) is 11.0 Å². The first-order chi connectivity index (χ1) is 17.8. The molecule has 2 heterocycles. The summed E-state index contributed by atoms with van der Waals surface area (Å²) in [6, 6.07) is 7.89. The average molecular weight is 510 g/mol. The summed E-state index contributed by atoms with van der Waals surface area (Å²) < 4.78 is 9.92. The molecule has 0 bridgehead atoms. The number of H-pyrrole nitrogens is 1. The van der Waals surface area contributed by atoms with Crippen molar-refractivity contribution >= 4 is 34.8 Å². The number of nitrogens with two attached hydrogens (primary N) is 1. The number of aryl methyl sites for hydroxylation is 2. The molecule has 0 aliphatic carbocycles. The second kappa shape index (κ2) is 13.1.